The number of fused-ring (bicyclic) bond motifs is 1. The van der Waals surface area contributed by atoms with Crippen molar-refractivity contribution in [2.24, 2.45) is 0 Å². The zero-order chi connectivity index (χ0) is 19.6. The second kappa shape index (κ2) is 7.54. The summed E-state index contributed by atoms with van der Waals surface area (Å²) in [6, 6.07) is 15.9. The third kappa shape index (κ3) is 3.42. The molecule has 0 saturated carbocycles. The van der Waals surface area contributed by atoms with E-state index in [0.717, 1.165) is 33.7 Å². The van der Waals surface area contributed by atoms with Gasteiger partial charge in [0, 0.05) is 21.9 Å². The van der Waals surface area contributed by atoms with E-state index in [9.17, 15) is 5.26 Å². The van der Waals surface area contributed by atoms with Gasteiger partial charge in [-0.2, -0.15) is 5.26 Å². The lowest BCUT2D eigenvalue weighted by Crippen LogP contribution is -1.95. The minimum absolute atomic E-state index is 0.222. The summed E-state index contributed by atoms with van der Waals surface area (Å²) in [5.41, 5.74) is 5.15. The number of benzene rings is 2. The number of thiophene rings is 1. The topological polar surface area (TPSA) is 77.3 Å². The standard InChI is InChI=1S/C21H13N3O3S2/c22-8-16-17(15-5-6-19-20(7-15)27-12-26-19)10-28-21(16)25-9-13-1-3-14(4-2-13)18-11-29-24-23-18/h1-7,10-11H,9,12H2. The molecule has 0 aliphatic carbocycles. The van der Waals surface area contributed by atoms with Gasteiger partial charge >= 0.3 is 0 Å². The predicted molar refractivity (Wildman–Crippen MR) is 110 cm³/mol. The Kier molecular flexibility index (Phi) is 4.60. The summed E-state index contributed by atoms with van der Waals surface area (Å²) in [5.74, 6) is 1.41. The van der Waals surface area contributed by atoms with E-state index in [4.69, 9.17) is 14.2 Å². The maximum atomic E-state index is 9.69. The van der Waals surface area contributed by atoms with Crippen LogP contribution >= 0.6 is 22.9 Å². The highest BCUT2D eigenvalue weighted by molar-refractivity contribution is 7.12. The van der Waals surface area contributed by atoms with Gasteiger partial charge in [0.05, 0.1) is 0 Å². The summed E-state index contributed by atoms with van der Waals surface area (Å²) < 4.78 is 20.6. The molecule has 29 heavy (non-hydrogen) atoms. The van der Waals surface area contributed by atoms with E-state index in [-0.39, 0.29) is 6.79 Å². The number of rotatable bonds is 5. The van der Waals surface area contributed by atoms with Crippen LogP contribution in [0.3, 0.4) is 0 Å². The molecule has 0 unspecified atom stereocenters. The van der Waals surface area contributed by atoms with Crippen LogP contribution in [0.5, 0.6) is 16.6 Å². The molecule has 6 nitrogen and oxygen atoms in total. The minimum atomic E-state index is 0.222. The Morgan fingerprint density at radius 3 is 2.66 bits per heavy atom. The molecular weight excluding hydrogens is 406 g/mol. The molecule has 4 aromatic rings. The van der Waals surface area contributed by atoms with Gasteiger partial charge in [0.1, 0.15) is 23.9 Å². The molecule has 3 heterocycles. The average Bonchev–Trinajstić information content (AvgIpc) is 3.52. The molecule has 0 N–H and O–H groups in total. The van der Waals surface area contributed by atoms with Crippen LogP contribution in [-0.4, -0.2) is 16.4 Å². The number of aromatic nitrogens is 2. The number of ether oxygens (including phenoxy) is 3. The minimum Gasteiger partial charge on any atom is -0.478 e. The summed E-state index contributed by atoms with van der Waals surface area (Å²) in [4.78, 5) is 0. The fourth-order valence-corrected chi connectivity index (χ4v) is 4.38. The molecule has 0 spiro atoms. The van der Waals surface area contributed by atoms with Gasteiger partial charge in [-0.25, -0.2) is 0 Å². The highest BCUT2D eigenvalue weighted by Gasteiger charge is 2.19. The highest BCUT2D eigenvalue weighted by Crippen LogP contribution is 2.41. The lowest BCUT2D eigenvalue weighted by molar-refractivity contribution is 0.174. The first kappa shape index (κ1) is 17.7. The second-order valence-corrected chi connectivity index (χ2v) is 7.72. The SMILES string of the molecule is N#Cc1c(-c2ccc3c(c2)OCO3)csc1OCc1ccc(-c2csnn2)cc1. The van der Waals surface area contributed by atoms with Crippen molar-refractivity contribution >= 4 is 22.9 Å². The van der Waals surface area contributed by atoms with E-state index in [1.807, 2.05) is 53.2 Å². The van der Waals surface area contributed by atoms with Crippen molar-refractivity contribution in [3.05, 3.63) is 64.4 Å². The lowest BCUT2D eigenvalue weighted by Gasteiger charge is -2.06. The van der Waals surface area contributed by atoms with Crippen LogP contribution in [0.25, 0.3) is 22.4 Å². The monoisotopic (exact) mass is 419 g/mol. The number of nitriles is 1. The van der Waals surface area contributed by atoms with Gasteiger partial charge in [-0.05, 0) is 34.8 Å². The fraction of sp³-hybridized carbons (Fsp3) is 0.0952. The summed E-state index contributed by atoms with van der Waals surface area (Å²) in [5, 5.41) is 18.2. The summed E-state index contributed by atoms with van der Waals surface area (Å²) in [6.07, 6.45) is 0. The number of nitrogens with zero attached hydrogens (tertiary/aromatic N) is 3. The average molecular weight is 419 g/mol. The van der Waals surface area contributed by atoms with Crippen molar-refractivity contribution in [2.75, 3.05) is 6.79 Å². The van der Waals surface area contributed by atoms with Gasteiger partial charge in [-0.15, -0.1) is 16.4 Å². The van der Waals surface area contributed by atoms with E-state index < -0.39 is 0 Å². The van der Waals surface area contributed by atoms with Crippen molar-refractivity contribution in [3.8, 4) is 45.0 Å². The Morgan fingerprint density at radius 1 is 1.03 bits per heavy atom. The zero-order valence-corrected chi connectivity index (χ0v) is 16.6. The van der Waals surface area contributed by atoms with Crippen LogP contribution in [0.4, 0.5) is 0 Å². The van der Waals surface area contributed by atoms with E-state index >= 15 is 0 Å². The molecule has 1 aliphatic rings. The first-order valence-electron chi connectivity index (χ1n) is 8.72. The Labute approximate surface area is 174 Å². The van der Waals surface area contributed by atoms with E-state index in [2.05, 4.69) is 15.7 Å². The maximum absolute atomic E-state index is 9.69. The normalized spacial score (nSPS) is 12.0. The molecule has 2 aromatic heterocycles. The zero-order valence-electron chi connectivity index (χ0n) is 15.0. The third-order valence-corrected chi connectivity index (χ3v) is 5.93. The lowest BCUT2D eigenvalue weighted by atomic mass is 10.0. The first-order valence-corrected chi connectivity index (χ1v) is 10.4. The van der Waals surface area contributed by atoms with Gasteiger partial charge in [0.15, 0.2) is 16.6 Å². The van der Waals surface area contributed by atoms with Gasteiger partial charge in [0.25, 0.3) is 0 Å². The van der Waals surface area contributed by atoms with Crippen molar-refractivity contribution < 1.29 is 14.2 Å². The third-order valence-electron chi connectivity index (χ3n) is 4.53. The van der Waals surface area contributed by atoms with Gasteiger partial charge in [0.2, 0.25) is 6.79 Å². The van der Waals surface area contributed by atoms with Gasteiger partial charge in [-0.3, -0.25) is 0 Å². The number of hydrogen-bond donors (Lipinski definition) is 0. The molecule has 2 aromatic carbocycles. The quantitative estimate of drug-likeness (QED) is 0.447. The molecule has 0 atom stereocenters. The molecule has 0 bridgehead atoms. The van der Waals surface area contributed by atoms with Gasteiger partial charge in [-0.1, -0.05) is 34.8 Å². The van der Waals surface area contributed by atoms with E-state index in [1.54, 1.807) is 0 Å². The maximum Gasteiger partial charge on any atom is 0.231 e. The first-order chi connectivity index (χ1) is 14.3. The van der Waals surface area contributed by atoms with Crippen LogP contribution in [0, 0.1) is 11.3 Å². The van der Waals surface area contributed by atoms with Crippen LogP contribution in [-0.2, 0) is 6.61 Å². The van der Waals surface area contributed by atoms with Crippen LogP contribution in [0.2, 0.25) is 0 Å². The molecule has 1 aliphatic heterocycles. The smallest absolute Gasteiger partial charge is 0.231 e. The summed E-state index contributed by atoms with van der Waals surface area (Å²) in [6.45, 7) is 0.602. The highest BCUT2D eigenvalue weighted by atomic mass is 32.1. The molecule has 5 rings (SSSR count). The van der Waals surface area contributed by atoms with E-state index in [1.165, 1.54) is 22.9 Å². The van der Waals surface area contributed by atoms with E-state index in [0.29, 0.717) is 23.0 Å². The Hall–Kier alpha value is -3.41. The summed E-state index contributed by atoms with van der Waals surface area (Å²) in [7, 11) is 0. The molecule has 0 radical (unpaired) electrons. The molecular formula is C21H13N3O3S2. The Morgan fingerprint density at radius 2 is 1.86 bits per heavy atom. The number of hydrogen-bond acceptors (Lipinski definition) is 8. The molecule has 0 fully saturated rings. The second-order valence-electron chi connectivity index (χ2n) is 6.27. The van der Waals surface area contributed by atoms with Crippen molar-refractivity contribution in [2.45, 2.75) is 6.61 Å². The molecule has 142 valence electrons. The van der Waals surface area contributed by atoms with Gasteiger partial charge < -0.3 is 14.2 Å². The van der Waals surface area contributed by atoms with Crippen LogP contribution in [0.15, 0.2) is 53.2 Å². The largest absolute Gasteiger partial charge is 0.478 e. The van der Waals surface area contributed by atoms with Crippen molar-refractivity contribution in [1.29, 1.82) is 5.26 Å². The molecule has 0 amide bonds. The Balaban J connectivity index is 1.34. The molecule has 8 heteroatoms. The van der Waals surface area contributed by atoms with Crippen molar-refractivity contribution in [3.63, 3.8) is 0 Å². The predicted octanol–water partition coefficient (Wildman–Crippen LogP) is 5.11. The molecule has 0 saturated heterocycles. The van der Waals surface area contributed by atoms with Crippen molar-refractivity contribution in [1.82, 2.24) is 9.59 Å². The fourth-order valence-electron chi connectivity index (χ4n) is 3.04. The van der Waals surface area contributed by atoms with Crippen LogP contribution < -0.4 is 14.2 Å². The Bertz CT molecular complexity index is 1200. The summed E-state index contributed by atoms with van der Waals surface area (Å²) >= 11 is 2.74. The van der Waals surface area contributed by atoms with Crippen LogP contribution in [0.1, 0.15) is 11.1 Å².